The number of aliphatic hydroxyl groups is 1. The number of carbonyl (C=O) groups excluding carboxylic acids is 6. The van der Waals surface area contributed by atoms with Crippen molar-refractivity contribution >= 4 is 73.9 Å². The van der Waals surface area contributed by atoms with Gasteiger partial charge in [0, 0.05) is 45.9 Å². The van der Waals surface area contributed by atoms with Crippen molar-refractivity contribution in [2.45, 2.75) is 78.3 Å². The van der Waals surface area contributed by atoms with Gasteiger partial charge in [-0.25, -0.2) is 18.4 Å². The third-order valence-electron chi connectivity index (χ3n) is 11.2. The van der Waals surface area contributed by atoms with Crippen LogP contribution in [0.15, 0.2) is 85.2 Å². The van der Waals surface area contributed by atoms with Crippen molar-refractivity contribution in [2.75, 3.05) is 26.4 Å². The number of aromatic nitrogens is 2. The number of nitrogens with zero attached hydrogens (tertiary/aromatic N) is 4. The van der Waals surface area contributed by atoms with Crippen molar-refractivity contribution in [3.63, 3.8) is 0 Å². The number of phenols is 1. The Hall–Kier alpha value is -7.63. The van der Waals surface area contributed by atoms with E-state index in [9.17, 15) is 42.7 Å². The minimum atomic E-state index is -1.47. The molecule has 73 heavy (non-hydrogen) atoms. The number of ether oxygens (including phenoxy) is 5. The molecule has 4 amide bonds. The predicted molar refractivity (Wildman–Crippen MR) is 271 cm³/mol. The lowest BCUT2D eigenvalue weighted by atomic mass is 10.0. The maximum Gasteiger partial charge on any atom is 0.513 e. The summed E-state index contributed by atoms with van der Waals surface area (Å²) >= 11 is 0. The zero-order chi connectivity index (χ0) is 53.4. The average molecular weight is 1040 g/mol. The SMILES string of the molecule is CCOC(=O)Oc1c2c(c(O)c3ncccc13)C(=O)N(Cc1ccc(F)cc1)C2=O.CCOC(=O)Oc1c2c(c(OCC[Si](C)(C)C)c3ncccc13)C(=O)N(Cc1ccc(F)cc1)C2=O.C[Si](C)(C)CCO. The summed E-state index contributed by atoms with van der Waals surface area (Å²) in [4.78, 5) is 87.9. The molecular formula is C52H56F2N4O13Si2. The van der Waals surface area contributed by atoms with Gasteiger partial charge in [-0.05, 0) is 85.6 Å². The minimum absolute atomic E-state index is 0.000306. The van der Waals surface area contributed by atoms with Gasteiger partial charge in [0.2, 0.25) is 0 Å². The van der Waals surface area contributed by atoms with Gasteiger partial charge in [0.05, 0.1) is 32.9 Å². The van der Waals surface area contributed by atoms with Crippen LogP contribution >= 0.6 is 0 Å². The fourth-order valence-electron chi connectivity index (χ4n) is 7.50. The first-order valence-corrected chi connectivity index (χ1v) is 30.7. The van der Waals surface area contributed by atoms with E-state index in [0.29, 0.717) is 35.2 Å². The van der Waals surface area contributed by atoms with Crippen LogP contribution in [0, 0.1) is 11.6 Å². The summed E-state index contributed by atoms with van der Waals surface area (Å²) in [6.07, 6.45) is 0.855. The Kier molecular flexibility index (Phi) is 17.4. The molecule has 2 aromatic heterocycles. The molecular weight excluding hydrogens is 983 g/mol. The first kappa shape index (κ1) is 54.7. The fourth-order valence-corrected chi connectivity index (χ4v) is 8.88. The summed E-state index contributed by atoms with van der Waals surface area (Å²) in [6.45, 7) is 17.1. The molecule has 2 N–H and O–H groups in total. The molecule has 21 heteroatoms. The number of pyridine rings is 2. The molecule has 0 aliphatic carbocycles. The molecule has 4 aromatic carbocycles. The molecule has 2 aliphatic heterocycles. The molecule has 0 saturated carbocycles. The Morgan fingerprint density at radius 2 is 0.973 bits per heavy atom. The van der Waals surface area contributed by atoms with Crippen LogP contribution in [-0.2, 0) is 22.6 Å². The highest BCUT2D eigenvalue weighted by molar-refractivity contribution is 6.76. The number of imide groups is 2. The molecule has 0 saturated heterocycles. The van der Waals surface area contributed by atoms with E-state index in [-0.39, 0.29) is 76.7 Å². The second-order valence-corrected chi connectivity index (χ2v) is 30.3. The summed E-state index contributed by atoms with van der Waals surface area (Å²) < 4.78 is 53.1. The van der Waals surface area contributed by atoms with Gasteiger partial charge in [0.1, 0.15) is 44.9 Å². The normalized spacial score (nSPS) is 13.0. The van der Waals surface area contributed by atoms with Gasteiger partial charge in [-0.2, -0.15) is 0 Å². The van der Waals surface area contributed by atoms with Gasteiger partial charge < -0.3 is 33.9 Å². The summed E-state index contributed by atoms with van der Waals surface area (Å²) in [6, 6.07) is 19.0. The predicted octanol–water partition coefficient (Wildman–Crippen LogP) is 10.2. The van der Waals surface area contributed by atoms with Gasteiger partial charge in [-0.15, -0.1) is 0 Å². The highest BCUT2D eigenvalue weighted by Gasteiger charge is 2.45. The van der Waals surface area contributed by atoms with Crippen molar-refractivity contribution in [1.82, 2.24) is 19.8 Å². The van der Waals surface area contributed by atoms with Gasteiger partial charge in [0.15, 0.2) is 23.0 Å². The quantitative estimate of drug-likeness (QED) is 0.0448. The highest BCUT2D eigenvalue weighted by Crippen LogP contribution is 2.46. The molecule has 0 fully saturated rings. The van der Waals surface area contributed by atoms with E-state index in [1.165, 1.54) is 73.1 Å². The Morgan fingerprint density at radius 1 is 0.575 bits per heavy atom. The van der Waals surface area contributed by atoms with E-state index in [2.05, 4.69) is 49.3 Å². The topological polar surface area (TPSA) is 221 Å². The lowest BCUT2D eigenvalue weighted by Gasteiger charge is -2.19. The number of aromatic hydroxyl groups is 1. The van der Waals surface area contributed by atoms with E-state index in [4.69, 9.17) is 28.8 Å². The molecule has 0 unspecified atom stereocenters. The van der Waals surface area contributed by atoms with Crippen molar-refractivity contribution in [2.24, 2.45) is 0 Å². The molecule has 0 bridgehead atoms. The summed E-state index contributed by atoms with van der Waals surface area (Å²) in [5.41, 5.74) is 0.697. The third-order valence-corrected chi connectivity index (χ3v) is 14.6. The largest absolute Gasteiger partial charge is 0.513 e. The molecule has 384 valence electrons. The molecule has 0 atom stereocenters. The Balaban J connectivity index is 0.000000213. The van der Waals surface area contributed by atoms with E-state index in [1.54, 1.807) is 26.0 Å². The van der Waals surface area contributed by atoms with E-state index in [1.807, 2.05) is 0 Å². The molecule has 8 rings (SSSR count). The number of phenolic OH excluding ortho intramolecular Hbond substituents is 1. The van der Waals surface area contributed by atoms with E-state index < -0.39 is 69.5 Å². The number of carbonyl (C=O) groups is 6. The van der Waals surface area contributed by atoms with Gasteiger partial charge in [0.25, 0.3) is 23.6 Å². The lowest BCUT2D eigenvalue weighted by molar-refractivity contribution is 0.0624. The first-order valence-electron chi connectivity index (χ1n) is 23.3. The van der Waals surface area contributed by atoms with Gasteiger partial charge in [-0.3, -0.25) is 38.9 Å². The van der Waals surface area contributed by atoms with Gasteiger partial charge in [-0.1, -0.05) is 63.5 Å². The van der Waals surface area contributed by atoms with Crippen LogP contribution in [0.1, 0.15) is 66.4 Å². The zero-order valence-corrected chi connectivity index (χ0v) is 43.7. The Labute approximate surface area is 421 Å². The van der Waals surface area contributed by atoms with Crippen LogP contribution in [0.25, 0.3) is 21.8 Å². The molecule has 0 spiro atoms. The Morgan fingerprint density at radius 3 is 1.38 bits per heavy atom. The summed E-state index contributed by atoms with van der Waals surface area (Å²) in [5.74, 6) is -4.33. The standard InChI is InChI=1S/C26H27FN2O6Si.C21H15FN2O6.C5H14OSi/c1-5-33-26(32)35-22-18-7-6-12-28-21(18)23(34-13-14-36(2,3)4)20-19(22)24(30)29(25(20)31)15-16-8-10-17(27)11-9-16;1-2-29-21(28)30-18-13-4-3-9-23-16(13)17(25)14-15(18)20(27)24(19(14)26)10-11-5-7-12(22)8-6-11;1-7(2,3)5-4-6/h6-12H,5,13-15H2,1-4H3;3-9,25H,2,10H2,1H3;6H,4-5H2,1-3H3. The molecule has 2 aliphatic rings. The fraction of sp³-hybridized carbons (Fsp3) is 0.308. The minimum Gasteiger partial charge on any atom is -0.505 e. The van der Waals surface area contributed by atoms with Crippen LogP contribution in [0.4, 0.5) is 18.4 Å². The van der Waals surface area contributed by atoms with Crippen LogP contribution in [0.5, 0.6) is 23.0 Å². The lowest BCUT2D eigenvalue weighted by Crippen LogP contribution is -2.29. The van der Waals surface area contributed by atoms with Crippen molar-refractivity contribution in [3.05, 3.63) is 130 Å². The number of benzene rings is 4. The molecule has 0 radical (unpaired) electrons. The maximum absolute atomic E-state index is 13.6. The van der Waals surface area contributed by atoms with Crippen LogP contribution in [0.2, 0.25) is 51.4 Å². The number of aliphatic hydroxyl groups excluding tert-OH is 1. The second kappa shape index (κ2) is 23.3. The second-order valence-electron chi connectivity index (χ2n) is 19.0. The average Bonchev–Trinajstić information content (AvgIpc) is 3.72. The smallest absolute Gasteiger partial charge is 0.505 e. The number of hydrogen-bond acceptors (Lipinski definition) is 15. The number of halogens is 2. The first-order chi connectivity index (χ1) is 34.6. The molecule has 6 aromatic rings. The Bertz CT molecular complexity index is 3070. The van der Waals surface area contributed by atoms with Gasteiger partial charge >= 0.3 is 12.3 Å². The number of amides is 4. The number of hydrogen-bond donors (Lipinski definition) is 2. The summed E-state index contributed by atoms with van der Waals surface area (Å²) in [5, 5.41) is 19.6. The van der Waals surface area contributed by atoms with E-state index in [0.717, 1.165) is 21.9 Å². The molecule has 4 heterocycles. The van der Waals surface area contributed by atoms with Crippen molar-refractivity contribution in [1.29, 1.82) is 0 Å². The van der Waals surface area contributed by atoms with Crippen molar-refractivity contribution in [3.8, 4) is 23.0 Å². The summed E-state index contributed by atoms with van der Waals surface area (Å²) in [7, 11) is -2.38. The highest BCUT2D eigenvalue weighted by atomic mass is 28.3. The number of fused-ring (bicyclic) bond motifs is 4. The van der Waals surface area contributed by atoms with Crippen molar-refractivity contribution < 1.29 is 71.4 Å². The van der Waals surface area contributed by atoms with Crippen LogP contribution in [0.3, 0.4) is 0 Å². The molecule has 17 nitrogen and oxygen atoms in total. The number of rotatable bonds is 14. The zero-order valence-electron chi connectivity index (χ0n) is 41.7. The maximum atomic E-state index is 13.6. The van der Waals surface area contributed by atoms with Crippen LogP contribution in [-0.4, -0.2) is 108 Å². The monoisotopic (exact) mass is 1040 g/mol. The van der Waals surface area contributed by atoms with Crippen LogP contribution < -0.4 is 14.2 Å². The third kappa shape index (κ3) is 12.9. The van der Waals surface area contributed by atoms with E-state index >= 15 is 0 Å².